The van der Waals surface area contributed by atoms with Crippen LogP contribution in [0.25, 0.3) is 0 Å². The Bertz CT molecular complexity index is 570. The fourth-order valence-electron chi connectivity index (χ4n) is 1.05. The quantitative estimate of drug-likeness (QED) is 0.701. The number of H-pyrrole nitrogens is 2. The van der Waals surface area contributed by atoms with Crippen LogP contribution in [0.4, 0.5) is 11.4 Å². The van der Waals surface area contributed by atoms with Gasteiger partial charge in [-0.05, 0) is 24.3 Å². The molecule has 0 unspecified atom stereocenters. The van der Waals surface area contributed by atoms with Crippen molar-refractivity contribution in [1.29, 1.82) is 0 Å². The summed E-state index contributed by atoms with van der Waals surface area (Å²) < 4.78 is 0. The average Bonchev–Trinajstić information content (AvgIpc) is 2.59. The van der Waals surface area contributed by atoms with Gasteiger partial charge in [0.2, 0.25) is 11.6 Å². The van der Waals surface area contributed by atoms with Crippen LogP contribution >= 0.6 is 11.6 Å². The summed E-state index contributed by atoms with van der Waals surface area (Å²) in [4.78, 5) is 11.1. The highest BCUT2D eigenvalue weighted by molar-refractivity contribution is 6.30. The van der Waals surface area contributed by atoms with Gasteiger partial charge in [0.25, 0.3) is 5.56 Å². The van der Waals surface area contributed by atoms with Gasteiger partial charge in [0.15, 0.2) is 0 Å². The number of benzene rings is 1. The van der Waals surface area contributed by atoms with Crippen LogP contribution < -0.4 is 5.56 Å². The van der Waals surface area contributed by atoms with Gasteiger partial charge in [-0.2, -0.15) is 5.11 Å². The Kier molecular flexibility index (Phi) is 2.74. The van der Waals surface area contributed by atoms with Crippen molar-refractivity contribution >= 4 is 23.0 Å². The highest BCUT2D eigenvalue weighted by Crippen LogP contribution is 2.22. The van der Waals surface area contributed by atoms with Crippen molar-refractivity contribution in [3.8, 4) is 5.88 Å². The van der Waals surface area contributed by atoms with E-state index in [1.54, 1.807) is 24.3 Å². The van der Waals surface area contributed by atoms with E-state index in [0.717, 1.165) is 0 Å². The molecular weight excluding hydrogens is 232 g/mol. The summed E-state index contributed by atoms with van der Waals surface area (Å²) in [5.74, 6) is -0.345. The number of halogens is 1. The lowest BCUT2D eigenvalue weighted by Crippen LogP contribution is -1.96. The number of nitrogens with one attached hydrogen (secondary N) is 2. The monoisotopic (exact) mass is 238 g/mol. The van der Waals surface area contributed by atoms with E-state index in [2.05, 4.69) is 20.4 Å². The number of hydrogen-bond donors (Lipinski definition) is 3. The van der Waals surface area contributed by atoms with Gasteiger partial charge in [0.1, 0.15) is 0 Å². The van der Waals surface area contributed by atoms with Crippen LogP contribution in [0.15, 0.2) is 39.3 Å². The molecule has 0 amide bonds. The fraction of sp³-hybridized carbons (Fsp3) is 0. The molecule has 0 saturated heterocycles. The van der Waals surface area contributed by atoms with E-state index in [-0.39, 0.29) is 11.6 Å². The molecule has 1 aromatic heterocycles. The van der Waals surface area contributed by atoms with Gasteiger partial charge in [-0.3, -0.25) is 15.0 Å². The Balaban J connectivity index is 2.28. The van der Waals surface area contributed by atoms with Crippen molar-refractivity contribution in [2.45, 2.75) is 0 Å². The maximum atomic E-state index is 11.1. The Morgan fingerprint density at radius 3 is 2.38 bits per heavy atom. The molecular formula is C9H7ClN4O2. The molecule has 6 nitrogen and oxygen atoms in total. The number of nitrogens with zero attached hydrogens (tertiary/aromatic N) is 2. The van der Waals surface area contributed by atoms with Crippen molar-refractivity contribution in [1.82, 2.24) is 10.2 Å². The number of aromatic amines is 2. The van der Waals surface area contributed by atoms with Gasteiger partial charge in [-0.15, -0.1) is 5.11 Å². The number of rotatable bonds is 2. The minimum Gasteiger partial charge on any atom is -0.492 e. The standard InChI is InChI=1S/C9H7ClN4O2/c10-5-1-3-6(4-2-5)11-12-7-8(15)13-14-9(7)16/h1-4H,(H3,13,14,15,16). The van der Waals surface area contributed by atoms with Gasteiger partial charge < -0.3 is 5.11 Å². The van der Waals surface area contributed by atoms with Crippen LogP contribution in [0.1, 0.15) is 0 Å². The van der Waals surface area contributed by atoms with E-state index in [0.29, 0.717) is 10.7 Å². The molecule has 3 N–H and O–H groups in total. The highest BCUT2D eigenvalue weighted by atomic mass is 35.5. The Hall–Kier alpha value is -2.08. The fourth-order valence-corrected chi connectivity index (χ4v) is 1.18. The van der Waals surface area contributed by atoms with Crippen LogP contribution in [0.5, 0.6) is 5.88 Å². The predicted octanol–water partition coefficient (Wildman–Crippen LogP) is 2.48. The highest BCUT2D eigenvalue weighted by Gasteiger charge is 2.06. The smallest absolute Gasteiger partial charge is 0.295 e. The number of aromatic hydroxyl groups is 1. The zero-order valence-electron chi connectivity index (χ0n) is 7.94. The molecule has 0 aliphatic carbocycles. The Morgan fingerprint density at radius 2 is 1.81 bits per heavy atom. The molecule has 0 aliphatic heterocycles. The molecule has 2 rings (SSSR count). The molecule has 0 aliphatic rings. The second-order valence-electron chi connectivity index (χ2n) is 2.95. The largest absolute Gasteiger partial charge is 0.492 e. The zero-order valence-corrected chi connectivity index (χ0v) is 8.69. The molecule has 0 fully saturated rings. The van der Waals surface area contributed by atoms with Gasteiger partial charge in [-0.1, -0.05) is 11.6 Å². The lowest BCUT2D eigenvalue weighted by Gasteiger charge is -1.91. The van der Waals surface area contributed by atoms with E-state index < -0.39 is 5.56 Å². The lowest BCUT2D eigenvalue weighted by molar-refractivity contribution is 0.453. The topological polar surface area (TPSA) is 93.6 Å². The van der Waals surface area contributed by atoms with Crippen LogP contribution in [0.3, 0.4) is 0 Å². The molecule has 0 radical (unpaired) electrons. The molecule has 0 atom stereocenters. The first-order chi connectivity index (χ1) is 7.66. The summed E-state index contributed by atoms with van der Waals surface area (Å²) in [7, 11) is 0. The van der Waals surface area contributed by atoms with Gasteiger partial charge >= 0.3 is 0 Å². The second kappa shape index (κ2) is 4.19. The van der Waals surface area contributed by atoms with E-state index in [1.165, 1.54) is 0 Å². The summed E-state index contributed by atoms with van der Waals surface area (Å²) in [6.45, 7) is 0. The van der Waals surface area contributed by atoms with E-state index in [9.17, 15) is 9.90 Å². The van der Waals surface area contributed by atoms with Crippen LogP contribution in [-0.2, 0) is 0 Å². The predicted molar refractivity (Wildman–Crippen MR) is 58.7 cm³/mol. The third-order valence-corrected chi connectivity index (χ3v) is 2.08. The van der Waals surface area contributed by atoms with Crippen LogP contribution in [0, 0.1) is 0 Å². The van der Waals surface area contributed by atoms with Crippen molar-refractivity contribution in [3.63, 3.8) is 0 Å². The average molecular weight is 239 g/mol. The van der Waals surface area contributed by atoms with Gasteiger partial charge in [0.05, 0.1) is 5.69 Å². The summed E-state index contributed by atoms with van der Waals surface area (Å²) >= 11 is 5.69. The van der Waals surface area contributed by atoms with Crippen molar-refractivity contribution < 1.29 is 5.11 Å². The van der Waals surface area contributed by atoms with Crippen LogP contribution in [0.2, 0.25) is 5.02 Å². The summed E-state index contributed by atoms with van der Waals surface area (Å²) in [6.07, 6.45) is 0. The maximum absolute atomic E-state index is 11.1. The van der Waals surface area contributed by atoms with Crippen molar-refractivity contribution in [2.75, 3.05) is 0 Å². The molecule has 16 heavy (non-hydrogen) atoms. The third kappa shape index (κ3) is 2.12. The third-order valence-electron chi connectivity index (χ3n) is 1.83. The SMILES string of the molecule is O=c1[nH][nH]c(O)c1N=Nc1ccc(Cl)cc1. The maximum Gasteiger partial charge on any atom is 0.295 e. The molecule has 0 bridgehead atoms. The van der Waals surface area contributed by atoms with Gasteiger partial charge in [-0.25, -0.2) is 0 Å². The zero-order chi connectivity index (χ0) is 11.5. The molecule has 2 aromatic rings. The molecule has 82 valence electrons. The normalized spacial score (nSPS) is 11.1. The van der Waals surface area contributed by atoms with E-state index >= 15 is 0 Å². The van der Waals surface area contributed by atoms with E-state index in [1.807, 2.05) is 0 Å². The second-order valence-corrected chi connectivity index (χ2v) is 3.39. The molecule has 1 aromatic carbocycles. The number of hydrogen-bond acceptors (Lipinski definition) is 4. The first-order valence-corrected chi connectivity index (χ1v) is 4.71. The summed E-state index contributed by atoms with van der Waals surface area (Å²) in [6, 6.07) is 6.59. The molecule has 0 saturated carbocycles. The summed E-state index contributed by atoms with van der Waals surface area (Å²) in [5, 5.41) is 21.6. The van der Waals surface area contributed by atoms with Gasteiger partial charge in [0, 0.05) is 5.02 Å². The van der Waals surface area contributed by atoms with Crippen molar-refractivity contribution in [2.24, 2.45) is 10.2 Å². The molecule has 1 heterocycles. The van der Waals surface area contributed by atoms with Crippen LogP contribution in [-0.4, -0.2) is 15.3 Å². The number of aromatic nitrogens is 2. The lowest BCUT2D eigenvalue weighted by atomic mass is 10.3. The minimum absolute atomic E-state index is 0.157. The Morgan fingerprint density at radius 1 is 1.12 bits per heavy atom. The van der Waals surface area contributed by atoms with E-state index in [4.69, 9.17) is 11.6 Å². The minimum atomic E-state index is -0.532. The number of azo groups is 1. The summed E-state index contributed by atoms with van der Waals surface area (Å²) in [5.41, 5.74) is -0.158. The molecule has 0 spiro atoms. The Labute approximate surface area is 94.6 Å². The first kappa shape index (κ1) is 10.4. The first-order valence-electron chi connectivity index (χ1n) is 4.34. The van der Waals surface area contributed by atoms with Crippen molar-refractivity contribution in [3.05, 3.63) is 39.6 Å². The molecule has 7 heteroatoms.